The highest BCUT2D eigenvalue weighted by Gasteiger charge is 2.31. The smallest absolute Gasteiger partial charge is 0.355 e. The Bertz CT molecular complexity index is 370. The van der Waals surface area contributed by atoms with E-state index in [2.05, 4.69) is 15.6 Å². The highest BCUT2D eigenvalue weighted by Crippen LogP contribution is 2.25. The second-order valence-electron chi connectivity index (χ2n) is 4.81. The molecule has 0 aromatic rings. The van der Waals surface area contributed by atoms with Crippen molar-refractivity contribution >= 4 is 23.6 Å². The fourth-order valence-corrected chi connectivity index (χ4v) is 3.09. The van der Waals surface area contributed by atoms with Gasteiger partial charge < -0.3 is 15.5 Å². The van der Waals surface area contributed by atoms with Crippen LogP contribution in [-0.4, -0.2) is 67.7 Å². The van der Waals surface area contributed by atoms with Crippen LogP contribution in [0.5, 0.6) is 0 Å². The van der Waals surface area contributed by atoms with E-state index in [0.29, 0.717) is 16.1 Å². The maximum absolute atomic E-state index is 12.2. The maximum Gasteiger partial charge on any atom is 0.406 e. The van der Waals surface area contributed by atoms with Crippen molar-refractivity contribution in [1.29, 1.82) is 0 Å². The van der Waals surface area contributed by atoms with Gasteiger partial charge in [-0.3, -0.25) is 9.79 Å². The van der Waals surface area contributed by atoms with Crippen molar-refractivity contribution in [2.75, 3.05) is 39.5 Å². The lowest BCUT2D eigenvalue weighted by atomic mass is 10.2. The first-order chi connectivity index (χ1) is 9.81. The van der Waals surface area contributed by atoms with Gasteiger partial charge >= 0.3 is 6.18 Å². The van der Waals surface area contributed by atoms with Crippen molar-refractivity contribution in [3.63, 3.8) is 0 Å². The number of rotatable bonds is 5. The number of guanidine groups is 1. The zero-order chi connectivity index (χ0) is 15.9. The molecule has 0 radical (unpaired) electrons. The highest BCUT2D eigenvalue weighted by atomic mass is 32.2. The van der Waals surface area contributed by atoms with Gasteiger partial charge in [-0.15, -0.1) is 0 Å². The van der Waals surface area contributed by atoms with Gasteiger partial charge in [0.2, 0.25) is 5.91 Å². The van der Waals surface area contributed by atoms with E-state index in [4.69, 9.17) is 0 Å². The lowest BCUT2D eigenvalue weighted by molar-refractivity contribution is -0.157. The molecule has 2 N–H and O–H groups in total. The van der Waals surface area contributed by atoms with E-state index in [1.807, 2.05) is 11.8 Å². The SMILES string of the molecule is CN=C(NCC(=O)N(C)CC(F)(F)F)NCC1CCCS1. The number of carbonyl (C=O) groups excluding carboxylic acids is 1. The lowest BCUT2D eigenvalue weighted by Crippen LogP contribution is -2.46. The minimum absolute atomic E-state index is 0.218. The van der Waals surface area contributed by atoms with Crippen molar-refractivity contribution in [2.24, 2.45) is 4.99 Å². The quantitative estimate of drug-likeness (QED) is 0.586. The number of nitrogens with zero attached hydrogens (tertiary/aromatic N) is 2. The molecule has 122 valence electrons. The molecule has 5 nitrogen and oxygen atoms in total. The summed E-state index contributed by atoms with van der Waals surface area (Å²) in [5.41, 5.74) is 0. The van der Waals surface area contributed by atoms with Crippen LogP contribution in [0.15, 0.2) is 4.99 Å². The molecule has 21 heavy (non-hydrogen) atoms. The Balaban J connectivity index is 2.28. The normalized spacial score (nSPS) is 19.5. The summed E-state index contributed by atoms with van der Waals surface area (Å²) in [7, 11) is 2.68. The number of hydrogen-bond donors (Lipinski definition) is 2. The molecule has 1 aliphatic rings. The zero-order valence-corrected chi connectivity index (χ0v) is 13.0. The first kappa shape index (κ1) is 17.9. The predicted molar refractivity (Wildman–Crippen MR) is 78.5 cm³/mol. The molecule has 0 aromatic heterocycles. The topological polar surface area (TPSA) is 56.7 Å². The number of nitrogens with one attached hydrogen (secondary N) is 2. The van der Waals surface area contributed by atoms with E-state index in [1.165, 1.54) is 6.42 Å². The highest BCUT2D eigenvalue weighted by molar-refractivity contribution is 8.00. The van der Waals surface area contributed by atoms with Crippen LogP contribution in [0.25, 0.3) is 0 Å². The van der Waals surface area contributed by atoms with Gasteiger partial charge in [0, 0.05) is 25.9 Å². The Morgan fingerprint density at radius 3 is 2.67 bits per heavy atom. The van der Waals surface area contributed by atoms with E-state index in [1.54, 1.807) is 7.05 Å². The van der Waals surface area contributed by atoms with Gasteiger partial charge in [-0.05, 0) is 18.6 Å². The number of amides is 1. The number of aliphatic imine (C=N–C) groups is 1. The Morgan fingerprint density at radius 1 is 1.43 bits per heavy atom. The van der Waals surface area contributed by atoms with Gasteiger partial charge in [-0.1, -0.05) is 0 Å². The fraction of sp³-hybridized carbons (Fsp3) is 0.833. The Hall–Kier alpha value is -1.12. The number of hydrogen-bond acceptors (Lipinski definition) is 3. The molecule has 1 unspecified atom stereocenters. The standard InChI is InChI=1S/C12H21F3N4OS/c1-16-11(17-6-9-4-3-5-21-9)18-7-10(20)19(2)8-12(13,14)15/h9H,3-8H2,1-2H3,(H2,16,17,18). The second-order valence-corrected chi connectivity index (χ2v) is 6.21. The summed E-state index contributed by atoms with van der Waals surface area (Å²) in [5, 5.41) is 6.33. The van der Waals surface area contributed by atoms with Crippen LogP contribution >= 0.6 is 11.8 Å². The molecule has 1 heterocycles. The first-order valence-corrected chi connectivity index (χ1v) is 7.73. The van der Waals surface area contributed by atoms with Gasteiger partial charge in [-0.25, -0.2) is 0 Å². The first-order valence-electron chi connectivity index (χ1n) is 6.68. The fourth-order valence-electron chi connectivity index (χ4n) is 1.89. The third kappa shape index (κ3) is 7.45. The molecule has 1 fully saturated rings. The molecule has 0 aromatic carbocycles. The molecule has 1 aliphatic heterocycles. The summed E-state index contributed by atoms with van der Waals surface area (Å²) in [6, 6.07) is 0. The third-order valence-corrected chi connectivity index (χ3v) is 4.39. The van der Waals surface area contributed by atoms with Crippen LogP contribution < -0.4 is 10.6 Å². The van der Waals surface area contributed by atoms with E-state index in [0.717, 1.165) is 25.8 Å². The molecular weight excluding hydrogens is 305 g/mol. The molecule has 0 bridgehead atoms. The number of carbonyl (C=O) groups is 1. The van der Waals surface area contributed by atoms with Gasteiger partial charge in [0.05, 0.1) is 6.54 Å². The van der Waals surface area contributed by atoms with Crippen molar-refractivity contribution in [3.8, 4) is 0 Å². The van der Waals surface area contributed by atoms with E-state index < -0.39 is 18.6 Å². The molecular formula is C12H21F3N4OS. The zero-order valence-electron chi connectivity index (χ0n) is 12.2. The molecule has 0 saturated carbocycles. The molecule has 1 rings (SSSR count). The number of thioether (sulfide) groups is 1. The van der Waals surface area contributed by atoms with E-state index in [-0.39, 0.29) is 6.54 Å². The van der Waals surface area contributed by atoms with E-state index >= 15 is 0 Å². The molecule has 1 amide bonds. The number of alkyl halides is 3. The molecule has 0 aliphatic carbocycles. The summed E-state index contributed by atoms with van der Waals surface area (Å²) >= 11 is 1.89. The summed E-state index contributed by atoms with van der Waals surface area (Å²) in [6.07, 6.45) is -2.05. The molecule has 9 heteroatoms. The van der Waals surface area contributed by atoms with Gasteiger partial charge in [0.15, 0.2) is 5.96 Å². The molecule has 0 spiro atoms. The Kier molecular flexibility index (Phi) is 7.13. The van der Waals surface area contributed by atoms with Crippen molar-refractivity contribution < 1.29 is 18.0 Å². The monoisotopic (exact) mass is 326 g/mol. The van der Waals surface area contributed by atoms with Gasteiger partial charge in [0.25, 0.3) is 0 Å². The summed E-state index contributed by atoms with van der Waals surface area (Å²) in [6.45, 7) is -0.737. The summed E-state index contributed by atoms with van der Waals surface area (Å²) in [5.74, 6) is 0.945. The minimum atomic E-state index is -4.38. The number of halogens is 3. The maximum atomic E-state index is 12.2. The van der Waals surface area contributed by atoms with Gasteiger partial charge in [-0.2, -0.15) is 24.9 Å². The van der Waals surface area contributed by atoms with Crippen LogP contribution in [0.1, 0.15) is 12.8 Å². The Labute approximate surface area is 126 Å². The average Bonchev–Trinajstić information content (AvgIpc) is 2.89. The summed E-state index contributed by atoms with van der Waals surface area (Å²) < 4.78 is 36.5. The van der Waals surface area contributed by atoms with Crippen LogP contribution in [0.3, 0.4) is 0 Å². The van der Waals surface area contributed by atoms with Crippen molar-refractivity contribution in [3.05, 3.63) is 0 Å². The van der Waals surface area contributed by atoms with Crippen molar-refractivity contribution in [2.45, 2.75) is 24.3 Å². The van der Waals surface area contributed by atoms with Crippen LogP contribution in [0.2, 0.25) is 0 Å². The van der Waals surface area contributed by atoms with Crippen LogP contribution in [0.4, 0.5) is 13.2 Å². The lowest BCUT2D eigenvalue weighted by Gasteiger charge is -2.20. The van der Waals surface area contributed by atoms with Crippen molar-refractivity contribution in [1.82, 2.24) is 15.5 Å². The number of likely N-dealkylation sites (N-methyl/N-ethyl adjacent to an activating group) is 1. The van der Waals surface area contributed by atoms with Crippen LogP contribution in [0, 0.1) is 0 Å². The van der Waals surface area contributed by atoms with E-state index in [9.17, 15) is 18.0 Å². The Morgan fingerprint density at radius 2 is 2.14 bits per heavy atom. The van der Waals surface area contributed by atoms with Gasteiger partial charge in [0.1, 0.15) is 6.54 Å². The largest absolute Gasteiger partial charge is 0.406 e. The minimum Gasteiger partial charge on any atom is -0.355 e. The second kappa shape index (κ2) is 8.35. The molecule has 1 atom stereocenters. The average molecular weight is 326 g/mol. The third-order valence-electron chi connectivity index (χ3n) is 2.99. The van der Waals surface area contributed by atoms with Crippen LogP contribution in [-0.2, 0) is 4.79 Å². The predicted octanol–water partition coefficient (Wildman–Crippen LogP) is 1.07. The summed E-state index contributed by atoms with van der Waals surface area (Å²) in [4.78, 5) is 16.2. The molecule has 1 saturated heterocycles.